The van der Waals surface area contributed by atoms with E-state index in [4.69, 9.17) is 4.74 Å². The fourth-order valence-electron chi connectivity index (χ4n) is 4.73. The second kappa shape index (κ2) is 9.29. The van der Waals surface area contributed by atoms with E-state index in [0.717, 1.165) is 29.9 Å². The third-order valence-electron chi connectivity index (χ3n) is 6.68. The summed E-state index contributed by atoms with van der Waals surface area (Å²) in [5.41, 5.74) is 5.66. The molecule has 1 N–H and O–H groups in total. The Bertz CT molecular complexity index is 1300. The zero-order valence-electron chi connectivity index (χ0n) is 20.3. The maximum absolute atomic E-state index is 13.7. The van der Waals surface area contributed by atoms with Crippen LogP contribution < -0.4 is 19.9 Å². The minimum Gasteiger partial charge on any atom is -0.497 e. The summed E-state index contributed by atoms with van der Waals surface area (Å²) >= 11 is 0. The molecule has 3 aromatic rings. The Balaban J connectivity index is 1.54. The monoisotopic (exact) mass is 467 g/mol. The van der Waals surface area contributed by atoms with E-state index in [0.29, 0.717) is 22.6 Å². The van der Waals surface area contributed by atoms with E-state index in [1.54, 1.807) is 19.2 Å². The van der Waals surface area contributed by atoms with E-state index in [1.807, 2.05) is 56.3 Å². The van der Waals surface area contributed by atoms with Crippen molar-refractivity contribution in [3.8, 4) is 5.75 Å². The molecule has 35 heavy (non-hydrogen) atoms. The van der Waals surface area contributed by atoms with Gasteiger partial charge in [0.15, 0.2) is 0 Å². The zero-order valence-corrected chi connectivity index (χ0v) is 20.3. The molecule has 0 radical (unpaired) electrons. The molecule has 0 unspecified atom stereocenters. The molecule has 0 aromatic heterocycles. The average Bonchev–Trinajstić information content (AvgIpc) is 3.49. The molecule has 0 spiro atoms. The number of rotatable bonds is 6. The number of carbonyl (C=O) groups is 2. The Morgan fingerprint density at radius 1 is 0.829 bits per heavy atom. The molecular weight excluding hydrogens is 438 g/mol. The fraction of sp³-hybridized carbons (Fsp3) is 0.241. The summed E-state index contributed by atoms with van der Waals surface area (Å²) < 4.78 is 5.28. The molecule has 2 amide bonds. The smallest absolute Gasteiger partial charge is 0.282 e. The number of hydrogen-bond donors (Lipinski definition) is 1. The lowest BCUT2D eigenvalue weighted by Gasteiger charge is -2.19. The van der Waals surface area contributed by atoms with Crippen molar-refractivity contribution in [2.24, 2.45) is 0 Å². The van der Waals surface area contributed by atoms with Crippen molar-refractivity contribution in [2.75, 3.05) is 35.3 Å². The molecular formula is C29H29N3O3. The Morgan fingerprint density at radius 2 is 1.51 bits per heavy atom. The minimum absolute atomic E-state index is 0.273. The molecule has 0 atom stereocenters. The van der Waals surface area contributed by atoms with E-state index in [2.05, 4.69) is 22.3 Å². The fourth-order valence-corrected chi connectivity index (χ4v) is 4.73. The van der Waals surface area contributed by atoms with Gasteiger partial charge in [0, 0.05) is 24.5 Å². The van der Waals surface area contributed by atoms with Crippen molar-refractivity contribution in [3.05, 3.63) is 89.1 Å². The maximum atomic E-state index is 13.7. The summed E-state index contributed by atoms with van der Waals surface area (Å²) in [6.45, 7) is 5.99. The van der Waals surface area contributed by atoms with Gasteiger partial charge in [0.2, 0.25) is 0 Å². The third kappa shape index (κ3) is 4.28. The van der Waals surface area contributed by atoms with E-state index in [-0.39, 0.29) is 17.5 Å². The number of carbonyl (C=O) groups excluding carboxylic acids is 2. The highest BCUT2D eigenvalue weighted by Gasteiger charge is 2.41. The van der Waals surface area contributed by atoms with Gasteiger partial charge in [-0.1, -0.05) is 24.3 Å². The Morgan fingerprint density at radius 3 is 2.17 bits per heavy atom. The predicted octanol–water partition coefficient (Wildman–Crippen LogP) is 5.31. The van der Waals surface area contributed by atoms with Gasteiger partial charge in [0.25, 0.3) is 11.8 Å². The van der Waals surface area contributed by atoms with Crippen molar-refractivity contribution in [1.82, 2.24) is 0 Å². The summed E-state index contributed by atoms with van der Waals surface area (Å²) in [4.78, 5) is 31.1. The Hall–Kier alpha value is -4.06. The molecule has 2 heterocycles. The first kappa shape index (κ1) is 22.7. The largest absolute Gasteiger partial charge is 0.497 e. The Labute approximate surface area is 205 Å². The zero-order chi connectivity index (χ0) is 24.5. The lowest BCUT2D eigenvalue weighted by atomic mass is 10.0. The molecule has 1 fully saturated rings. The second-order valence-electron chi connectivity index (χ2n) is 9.08. The molecule has 2 aliphatic rings. The van der Waals surface area contributed by atoms with E-state index >= 15 is 0 Å². The van der Waals surface area contributed by atoms with Crippen LogP contribution in [0.15, 0.2) is 72.4 Å². The molecule has 178 valence electrons. The molecule has 6 heteroatoms. The molecule has 3 aromatic carbocycles. The van der Waals surface area contributed by atoms with Crippen LogP contribution in [0.3, 0.4) is 0 Å². The van der Waals surface area contributed by atoms with E-state index in [9.17, 15) is 9.59 Å². The van der Waals surface area contributed by atoms with Gasteiger partial charge >= 0.3 is 0 Å². The van der Waals surface area contributed by atoms with Gasteiger partial charge in [-0.15, -0.1) is 0 Å². The average molecular weight is 468 g/mol. The maximum Gasteiger partial charge on any atom is 0.282 e. The highest BCUT2D eigenvalue weighted by atomic mass is 16.5. The van der Waals surface area contributed by atoms with Gasteiger partial charge in [-0.2, -0.15) is 0 Å². The van der Waals surface area contributed by atoms with Crippen LogP contribution in [0, 0.1) is 13.8 Å². The number of imide groups is 1. The van der Waals surface area contributed by atoms with Crippen LogP contribution in [0.25, 0.3) is 5.57 Å². The van der Waals surface area contributed by atoms with E-state index < -0.39 is 0 Å². The molecule has 0 saturated carbocycles. The molecule has 0 aliphatic carbocycles. The Kier molecular flexibility index (Phi) is 6.03. The SMILES string of the molecule is COc1ccc(C2=C(Nc3ccc(N4CCCC4)cc3)C(=O)N(c3cc(C)ccc3C)C2=O)cc1. The minimum atomic E-state index is -0.363. The van der Waals surface area contributed by atoms with E-state index in [1.165, 1.54) is 23.4 Å². The number of aryl methyl sites for hydroxylation is 2. The summed E-state index contributed by atoms with van der Waals surface area (Å²) in [5, 5.41) is 3.27. The molecule has 6 nitrogen and oxygen atoms in total. The number of nitrogens with zero attached hydrogens (tertiary/aromatic N) is 2. The van der Waals surface area contributed by atoms with Gasteiger partial charge in [-0.25, -0.2) is 4.90 Å². The number of anilines is 3. The van der Waals surface area contributed by atoms with Crippen molar-refractivity contribution in [3.63, 3.8) is 0 Å². The van der Waals surface area contributed by atoms with Crippen LogP contribution in [0.2, 0.25) is 0 Å². The predicted molar refractivity (Wildman–Crippen MR) is 140 cm³/mol. The quantitative estimate of drug-likeness (QED) is 0.498. The number of methoxy groups -OCH3 is 1. The molecule has 5 rings (SSSR count). The van der Waals surface area contributed by atoms with Gasteiger partial charge in [-0.3, -0.25) is 9.59 Å². The number of benzene rings is 3. The third-order valence-corrected chi connectivity index (χ3v) is 6.68. The van der Waals surface area contributed by atoms with Gasteiger partial charge in [0.05, 0.1) is 18.4 Å². The molecule has 1 saturated heterocycles. The molecule has 0 bridgehead atoms. The van der Waals surface area contributed by atoms with Crippen LogP contribution in [0.5, 0.6) is 5.75 Å². The van der Waals surface area contributed by atoms with Crippen LogP contribution >= 0.6 is 0 Å². The van der Waals surface area contributed by atoms with Crippen LogP contribution in [-0.4, -0.2) is 32.0 Å². The lowest BCUT2D eigenvalue weighted by Crippen LogP contribution is -2.33. The number of hydrogen-bond acceptors (Lipinski definition) is 5. The number of nitrogens with one attached hydrogen (secondary N) is 1. The van der Waals surface area contributed by atoms with Gasteiger partial charge in [-0.05, 0) is 85.8 Å². The topological polar surface area (TPSA) is 61.9 Å². The van der Waals surface area contributed by atoms with Crippen molar-refractivity contribution < 1.29 is 14.3 Å². The van der Waals surface area contributed by atoms with Crippen LogP contribution in [0.1, 0.15) is 29.5 Å². The van der Waals surface area contributed by atoms with Crippen LogP contribution in [-0.2, 0) is 9.59 Å². The number of amides is 2. The first-order valence-corrected chi connectivity index (χ1v) is 11.9. The molecule has 2 aliphatic heterocycles. The standard InChI is InChI=1S/C29H29N3O3/c1-19-6-7-20(2)25(18-19)32-28(33)26(21-8-14-24(35-3)15-9-21)27(29(32)34)30-22-10-12-23(13-11-22)31-16-4-5-17-31/h6-15,18,30H,4-5,16-17H2,1-3H3. The van der Waals surface area contributed by atoms with Crippen molar-refractivity contribution >= 4 is 34.4 Å². The van der Waals surface area contributed by atoms with Crippen molar-refractivity contribution in [2.45, 2.75) is 26.7 Å². The van der Waals surface area contributed by atoms with Gasteiger partial charge < -0.3 is 15.0 Å². The summed E-state index contributed by atoms with van der Waals surface area (Å²) in [5.74, 6) is -0.0206. The summed E-state index contributed by atoms with van der Waals surface area (Å²) in [6, 6.07) is 21.0. The first-order chi connectivity index (χ1) is 17.0. The first-order valence-electron chi connectivity index (χ1n) is 11.9. The summed E-state index contributed by atoms with van der Waals surface area (Å²) in [6.07, 6.45) is 2.42. The van der Waals surface area contributed by atoms with Gasteiger partial charge in [0.1, 0.15) is 11.4 Å². The van der Waals surface area contributed by atoms with Crippen molar-refractivity contribution in [1.29, 1.82) is 0 Å². The normalized spacial score (nSPS) is 15.9. The summed E-state index contributed by atoms with van der Waals surface area (Å²) in [7, 11) is 1.60. The number of ether oxygens (including phenoxy) is 1. The highest BCUT2D eigenvalue weighted by molar-refractivity contribution is 6.46. The second-order valence-corrected chi connectivity index (χ2v) is 9.08. The highest BCUT2D eigenvalue weighted by Crippen LogP contribution is 2.36. The van der Waals surface area contributed by atoms with Crippen LogP contribution in [0.4, 0.5) is 17.1 Å². The lowest BCUT2D eigenvalue weighted by molar-refractivity contribution is -0.120.